The number of amides is 2. The van der Waals surface area contributed by atoms with E-state index < -0.39 is 0 Å². The molecule has 2 fully saturated rings. The highest BCUT2D eigenvalue weighted by Crippen LogP contribution is 2.22. The average Bonchev–Trinajstić information content (AvgIpc) is 2.76. The Balaban J connectivity index is 1.37. The Bertz CT molecular complexity index is 901. The minimum Gasteiger partial charge on any atom is -0.353 e. The molecule has 3 heterocycles. The predicted octanol–water partition coefficient (Wildman–Crippen LogP) is 3.75. The number of aryl methyl sites for hydroxylation is 3. The number of nitrogens with zero attached hydrogens (tertiary/aromatic N) is 5. The fraction of sp³-hybridized carbons (Fsp3) is 0.522. The summed E-state index contributed by atoms with van der Waals surface area (Å²) in [7, 11) is 0. The molecule has 0 aliphatic carbocycles. The van der Waals surface area contributed by atoms with Gasteiger partial charge < -0.3 is 20.0 Å². The van der Waals surface area contributed by atoms with Gasteiger partial charge in [0, 0.05) is 56.7 Å². The number of nitrogens with one attached hydrogen (secondary N) is 1. The van der Waals surface area contributed by atoms with E-state index in [0.29, 0.717) is 13.1 Å². The smallest absolute Gasteiger partial charge is 0.321 e. The van der Waals surface area contributed by atoms with Crippen LogP contribution in [-0.4, -0.2) is 60.2 Å². The van der Waals surface area contributed by atoms with E-state index in [2.05, 4.69) is 40.0 Å². The first-order chi connectivity index (χ1) is 14.5. The van der Waals surface area contributed by atoms with Crippen molar-refractivity contribution >= 4 is 23.5 Å². The molecule has 2 saturated heterocycles. The van der Waals surface area contributed by atoms with Crippen molar-refractivity contribution in [1.82, 2.24) is 14.9 Å². The monoisotopic (exact) mass is 408 g/mol. The molecule has 0 atom stereocenters. The number of carbonyl (C=O) groups is 1. The van der Waals surface area contributed by atoms with Gasteiger partial charge >= 0.3 is 6.03 Å². The normalized spacial score (nSPS) is 17.2. The highest BCUT2D eigenvalue weighted by atomic mass is 16.2. The maximum absolute atomic E-state index is 12.7. The molecule has 1 aromatic heterocycles. The zero-order valence-electron chi connectivity index (χ0n) is 18.3. The van der Waals surface area contributed by atoms with Gasteiger partial charge in [0.2, 0.25) is 5.95 Å². The summed E-state index contributed by atoms with van der Waals surface area (Å²) in [5.41, 5.74) is 4.26. The second-order valence-corrected chi connectivity index (χ2v) is 8.42. The third kappa shape index (κ3) is 4.66. The minimum absolute atomic E-state index is 0.0363. The number of piperidine rings is 1. The molecule has 2 aliphatic heterocycles. The van der Waals surface area contributed by atoms with Crippen LogP contribution in [0.1, 0.15) is 36.1 Å². The summed E-state index contributed by atoms with van der Waals surface area (Å²) in [6.45, 7) is 11.2. The van der Waals surface area contributed by atoms with Crippen LogP contribution in [0.2, 0.25) is 0 Å². The quantitative estimate of drug-likeness (QED) is 0.838. The Kier molecular flexibility index (Phi) is 6.06. The number of aromatic nitrogens is 2. The van der Waals surface area contributed by atoms with Crippen molar-refractivity contribution in [1.29, 1.82) is 0 Å². The van der Waals surface area contributed by atoms with Crippen molar-refractivity contribution in [2.75, 3.05) is 54.4 Å². The molecule has 2 aliphatic rings. The Morgan fingerprint density at radius 3 is 2.27 bits per heavy atom. The van der Waals surface area contributed by atoms with E-state index in [0.717, 1.165) is 49.3 Å². The minimum atomic E-state index is -0.0363. The molecule has 4 rings (SSSR count). The van der Waals surface area contributed by atoms with Gasteiger partial charge in [0.15, 0.2) is 0 Å². The topological polar surface area (TPSA) is 64.6 Å². The van der Waals surface area contributed by atoms with Crippen LogP contribution in [0.3, 0.4) is 0 Å². The predicted molar refractivity (Wildman–Crippen MR) is 122 cm³/mol. The molecule has 7 nitrogen and oxygen atoms in total. The number of urea groups is 1. The number of anilines is 3. The molecule has 7 heteroatoms. The third-order valence-electron chi connectivity index (χ3n) is 6.12. The van der Waals surface area contributed by atoms with Gasteiger partial charge in [-0.3, -0.25) is 0 Å². The van der Waals surface area contributed by atoms with Crippen molar-refractivity contribution in [3.8, 4) is 0 Å². The van der Waals surface area contributed by atoms with Crippen LogP contribution in [0.5, 0.6) is 0 Å². The lowest BCUT2D eigenvalue weighted by molar-refractivity contribution is 0.208. The van der Waals surface area contributed by atoms with E-state index in [-0.39, 0.29) is 6.03 Å². The molecule has 30 heavy (non-hydrogen) atoms. The van der Waals surface area contributed by atoms with Gasteiger partial charge in [-0.1, -0.05) is 6.07 Å². The van der Waals surface area contributed by atoms with Crippen LogP contribution in [-0.2, 0) is 0 Å². The van der Waals surface area contributed by atoms with Gasteiger partial charge in [0.05, 0.1) is 0 Å². The summed E-state index contributed by atoms with van der Waals surface area (Å²) < 4.78 is 0. The maximum Gasteiger partial charge on any atom is 0.321 e. The largest absolute Gasteiger partial charge is 0.353 e. The number of carbonyl (C=O) groups excluding carboxylic acids is 1. The number of hydrogen-bond acceptors (Lipinski definition) is 5. The van der Waals surface area contributed by atoms with Gasteiger partial charge in [0.25, 0.3) is 0 Å². The lowest BCUT2D eigenvalue weighted by Crippen LogP contribution is -2.50. The van der Waals surface area contributed by atoms with Gasteiger partial charge in [-0.15, -0.1) is 0 Å². The highest BCUT2D eigenvalue weighted by molar-refractivity contribution is 5.89. The summed E-state index contributed by atoms with van der Waals surface area (Å²) in [4.78, 5) is 28.7. The molecule has 0 bridgehead atoms. The average molecular weight is 409 g/mol. The van der Waals surface area contributed by atoms with Crippen molar-refractivity contribution in [2.24, 2.45) is 0 Å². The summed E-state index contributed by atoms with van der Waals surface area (Å²) in [6, 6.07) is 8.04. The van der Waals surface area contributed by atoms with E-state index >= 15 is 0 Å². The van der Waals surface area contributed by atoms with E-state index in [1.807, 2.05) is 30.0 Å². The Labute approximate surface area is 179 Å². The van der Waals surface area contributed by atoms with Gasteiger partial charge in [-0.25, -0.2) is 9.78 Å². The van der Waals surface area contributed by atoms with E-state index in [4.69, 9.17) is 4.98 Å². The van der Waals surface area contributed by atoms with Crippen LogP contribution in [0.25, 0.3) is 0 Å². The standard InChI is InChI=1S/C23H32N6O/c1-17-7-8-20(15-18(17)2)25-23(30)29-13-11-27(12-14-29)21-16-19(3)24-22(26-21)28-9-5-4-6-10-28/h7-8,15-16H,4-6,9-14H2,1-3H3,(H,25,30). The molecule has 0 spiro atoms. The molecular formula is C23H32N6O. The lowest BCUT2D eigenvalue weighted by atomic mass is 10.1. The fourth-order valence-corrected chi connectivity index (χ4v) is 4.09. The lowest BCUT2D eigenvalue weighted by Gasteiger charge is -2.36. The fourth-order valence-electron chi connectivity index (χ4n) is 4.09. The molecule has 0 radical (unpaired) electrons. The molecule has 2 aromatic rings. The van der Waals surface area contributed by atoms with Gasteiger partial charge in [0.1, 0.15) is 5.82 Å². The van der Waals surface area contributed by atoms with Crippen molar-refractivity contribution in [2.45, 2.75) is 40.0 Å². The van der Waals surface area contributed by atoms with E-state index in [1.165, 1.54) is 30.4 Å². The van der Waals surface area contributed by atoms with Gasteiger partial charge in [-0.05, 0) is 63.3 Å². The first kappa shape index (κ1) is 20.4. The Hall–Kier alpha value is -2.83. The Morgan fingerprint density at radius 1 is 0.833 bits per heavy atom. The molecule has 1 N–H and O–H groups in total. The van der Waals surface area contributed by atoms with Gasteiger partial charge in [-0.2, -0.15) is 4.98 Å². The van der Waals surface area contributed by atoms with E-state index in [9.17, 15) is 4.79 Å². The second-order valence-electron chi connectivity index (χ2n) is 8.42. The molecule has 0 saturated carbocycles. The zero-order chi connectivity index (χ0) is 21.1. The molecule has 0 unspecified atom stereocenters. The van der Waals surface area contributed by atoms with Crippen LogP contribution in [0.4, 0.5) is 22.2 Å². The maximum atomic E-state index is 12.7. The molecular weight excluding hydrogens is 376 g/mol. The number of piperazine rings is 1. The van der Waals surface area contributed by atoms with Crippen molar-refractivity contribution < 1.29 is 4.79 Å². The van der Waals surface area contributed by atoms with E-state index in [1.54, 1.807) is 0 Å². The first-order valence-corrected chi connectivity index (χ1v) is 11.0. The molecule has 1 aromatic carbocycles. The number of rotatable bonds is 3. The second kappa shape index (κ2) is 8.90. The summed E-state index contributed by atoms with van der Waals surface area (Å²) in [5, 5.41) is 3.03. The summed E-state index contributed by atoms with van der Waals surface area (Å²) in [6.07, 6.45) is 3.71. The first-order valence-electron chi connectivity index (χ1n) is 11.0. The Morgan fingerprint density at radius 2 is 1.57 bits per heavy atom. The SMILES string of the molecule is Cc1cc(N2CCN(C(=O)Nc3ccc(C)c(C)c3)CC2)nc(N2CCCCC2)n1. The van der Waals surface area contributed by atoms with Crippen LogP contribution < -0.4 is 15.1 Å². The molecule has 2 amide bonds. The van der Waals surface area contributed by atoms with Crippen molar-refractivity contribution in [3.05, 3.63) is 41.1 Å². The number of benzene rings is 1. The van der Waals surface area contributed by atoms with Crippen LogP contribution >= 0.6 is 0 Å². The molecule has 160 valence electrons. The van der Waals surface area contributed by atoms with Crippen LogP contribution in [0, 0.1) is 20.8 Å². The summed E-state index contributed by atoms with van der Waals surface area (Å²) >= 11 is 0. The third-order valence-corrected chi connectivity index (χ3v) is 6.12. The zero-order valence-corrected chi connectivity index (χ0v) is 18.3. The van der Waals surface area contributed by atoms with Crippen molar-refractivity contribution in [3.63, 3.8) is 0 Å². The highest BCUT2D eigenvalue weighted by Gasteiger charge is 2.23. The van der Waals surface area contributed by atoms with Crippen LogP contribution in [0.15, 0.2) is 24.3 Å². The number of hydrogen-bond donors (Lipinski definition) is 1. The summed E-state index contributed by atoms with van der Waals surface area (Å²) in [5.74, 6) is 1.82.